The maximum atomic E-state index is 5.86. The summed E-state index contributed by atoms with van der Waals surface area (Å²) in [6, 6.07) is 0.0558. The Morgan fingerprint density at radius 2 is 2.40 bits per heavy atom. The van der Waals surface area contributed by atoms with E-state index in [0.717, 1.165) is 18.9 Å². The summed E-state index contributed by atoms with van der Waals surface area (Å²) < 4.78 is 7.00. The molecule has 0 aliphatic rings. The van der Waals surface area contributed by atoms with Gasteiger partial charge < -0.3 is 15.0 Å². The second-order valence-corrected chi connectivity index (χ2v) is 3.87. The van der Waals surface area contributed by atoms with Gasteiger partial charge in [-0.2, -0.15) is 0 Å². The molecule has 1 rings (SSSR count). The van der Waals surface area contributed by atoms with Crippen LogP contribution in [-0.2, 0) is 18.3 Å². The summed E-state index contributed by atoms with van der Waals surface area (Å²) in [5.74, 6) is 1.04. The van der Waals surface area contributed by atoms with Crippen molar-refractivity contribution >= 4 is 0 Å². The van der Waals surface area contributed by atoms with E-state index >= 15 is 0 Å². The summed E-state index contributed by atoms with van der Waals surface area (Å²) in [4.78, 5) is 6.40. The molecule has 1 heterocycles. The molecule has 86 valence electrons. The average molecular weight is 212 g/mol. The van der Waals surface area contributed by atoms with Crippen molar-refractivity contribution in [3.8, 4) is 0 Å². The van der Waals surface area contributed by atoms with Crippen LogP contribution in [0.15, 0.2) is 12.4 Å². The third kappa shape index (κ3) is 3.99. The first kappa shape index (κ1) is 12.2. The van der Waals surface area contributed by atoms with Crippen LogP contribution >= 0.6 is 0 Å². The molecule has 0 amide bonds. The topological polar surface area (TPSA) is 56.3 Å². The highest BCUT2D eigenvalue weighted by Crippen LogP contribution is 1.99. The highest BCUT2D eigenvalue weighted by molar-refractivity contribution is 4.90. The van der Waals surface area contributed by atoms with Crippen molar-refractivity contribution in [3.05, 3.63) is 18.2 Å². The number of nitrogens with two attached hydrogens (primary N) is 1. The molecule has 2 N–H and O–H groups in total. The van der Waals surface area contributed by atoms with Crippen LogP contribution in [0.3, 0.4) is 0 Å². The van der Waals surface area contributed by atoms with Gasteiger partial charge in [-0.25, -0.2) is 4.98 Å². The molecule has 0 spiro atoms. The van der Waals surface area contributed by atoms with E-state index in [9.17, 15) is 0 Å². The highest BCUT2D eigenvalue weighted by atomic mass is 16.5. The van der Waals surface area contributed by atoms with Crippen LogP contribution in [0, 0.1) is 0 Å². The molecule has 5 heteroatoms. The zero-order valence-corrected chi connectivity index (χ0v) is 9.68. The lowest BCUT2D eigenvalue weighted by Crippen LogP contribution is -2.38. The zero-order chi connectivity index (χ0) is 11.3. The molecule has 0 aliphatic carbocycles. The third-order valence-corrected chi connectivity index (χ3v) is 2.26. The van der Waals surface area contributed by atoms with E-state index in [1.54, 1.807) is 13.3 Å². The van der Waals surface area contributed by atoms with Gasteiger partial charge in [0.05, 0.1) is 13.2 Å². The monoisotopic (exact) mass is 212 g/mol. The molecule has 0 aromatic carbocycles. The second kappa shape index (κ2) is 5.85. The lowest BCUT2D eigenvalue weighted by atomic mass is 10.3. The van der Waals surface area contributed by atoms with Crippen LogP contribution in [0.4, 0.5) is 0 Å². The van der Waals surface area contributed by atoms with E-state index in [2.05, 4.69) is 9.88 Å². The first-order chi connectivity index (χ1) is 7.13. The normalized spacial score (nSPS) is 13.4. The fourth-order valence-electron chi connectivity index (χ4n) is 1.52. The molecule has 15 heavy (non-hydrogen) atoms. The Hall–Kier alpha value is -0.910. The third-order valence-electron chi connectivity index (χ3n) is 2.26. The van der Waals surface area contributed by atoms with Crippen molar-refractivity contribution in [2.75, 3.05) is 27.3 Å². The second-order valence-electron chi connectivity index (χ2n) is 3.87. The minimum Gasteiger partial charge on any atom is -0.383 e. The quantitative estimate of drug-likeness (QED) is 0.711. The van der Waals surface area contributed by atoms with E-state index in [4.69, 9.17) is 10.5 Å². The van der Waals surface area contributed by atoms with Crippen LogP contribution in [0.1, 0.15) is 5.82 Å². The summed E-state index contributed by atoms with van der Waals surface area (Å²) in [7, 11) is 5.69. The summed E-state index contributed by atoms with van der Waals surface area (Å²) >= 11 is 0. The van der Waals surface area contributed by atoms with Crippen molar-refractivity contribution < 1.29 is 4.74 Å². The number of aryl methyl sites for hydroxylation is 1. The molecular formula is C10H20N4O. The lowest BCUT2D eigenvalue weighted by Gasteiger charge is -2.20. The summed E-state index contributed by atoms with van der Waals surface area (Å²) in [6.07, 6.45) is 3.75. The first-order valence-corrected chi connectivity index (χ1v) is 5.02. The van der Waals surface area contributed by atoms with Crippen LogP contribution in [0.2, 0.25) is 0 Å². The molecular weight excluding hydrogens is 192 g/mol. The van der Waals surface area contributed by atoms with Gasteiger partial charge in [-0.05, 0) is 7.05 Å². The van der Waals surface area contributed by atoms with Crippen LogP contribution in [-0.4, -0.2) is 47.8 Å². The number of nitrogens with zero attached hydrogens (tertiary/aromatic N) is 3. The zero-order valence-electron chi connectivity index (χ0n) is 9.68. The van der Waals surface area contributed by atoms with Gasteiger partial charge in [-0.3, -0.25) is 4.90 Å². The molecule has 1 unspecified atom stereocenters. The molecule has 1 atom stereocenters. The summed E-state index contributed by atoms with van der Waals surface area (Å²) in [5.41, 5.74) is 5.86. The highest BCUT2D eigenvalue weighted by Gasteiger charge is 2.08. The van der Waals surface area contributed by atoms with Gasteiger partial charge >= 0.3 is 0 Å². The van der Waals surface area contributed by atoms with Crippen LogP contribution in [0.25, 0.3) is 0 Å². The Labute approximate surface area is 90.8 Å². The van der Waals surface area contributed by atoms with Gasteiger partial charge in [0.25, 0.3) is 0 Å². The van der Waals surface area contributed by atoms with Crippen molar-refractivity contribution in [2.45, 2.75) is 12.6 Å². The number of likely N-dealkylation sites (N-methyl/N-ethyl adjacent to an activating group) is 1. The Kier molecular flexibility index (Phi) is 4.74. The fourth-order valence-corrected chi connectivity index (χ4v) is 1.52. The van der Waals surface area contributed by atoms with Gasteiger partial charge in [0.15, 0.2) is 0 Å². The number of imidazole rings is 1. The lowest BCUT2D eigenvalue weighted by molar-refractivity contribution is 0.159. The Balaban J connectivity index is 2.36. The van der Waals surface area contributed by atoms with E-state index in [-0.39, 0.29) is 6.04 Å². The SMILES string of the molecule is COCC(N)CN(C)Cc1nccn1C. The van der Waals surface area contributed by atoms with Gasteiger partial charge in [-0.1, -0.05) is 0 Å². The standard InChI is InChI=1S/C10H20N4O/c1-13(6-9(11)8-15-3)7-10-12-4-5-14(10)2/h4-5,9H,6-8,11H2,1-3H3. The van der Waals surface area contributed by atoms with Crippen molar-refractivity contribution in [1.82, 2.24) is 14.5 Å². The number of hydrogen-bond donors (Lipinski definition) is 1. The number of ether oxygens (including phenoxy) is 1. The molecule has 5 nitrogen and oxygen atoms in total. The summed E-state index contributed by atoms with van der Waals surface area (Å²) in [5, 5.41) is 0. The predicted molar refractivity (Wildman–Crippen MR) is 59.4 cm³/mol. The van der Waals surface area contributed by atoms with Gasteiger partial charge in [-0.15, -0.1) is 0 Å². The molecule has 0 bridgehead atoms. The first-order valence-electron chi connectivity index (χ1n) is 5.02. The Bertz CT molecular complexity index is 287. The Morgan fingerprint density at radius 1 is 1.67 bits per heavy atom. The fraction of sp³-hybridized carbons (Fsp3) is 0.700. The molecule has 1 aromatic rings. The van der Waals surface area contributed by atoms with Crippen molar-refractivity contribution in [1.29, 1.82) is 0 Å². The molecule has 0 aliphatic heterocycles. The smallest absolute Gasteiger partial charge is 0.122 e. The average Bonchev–Trinajstić information content (AvgIpc) is 2.52. The number of rotatable bonds is 6. The molecule has 0 saturated carbocycles. The largest absolute Gasteiger partial charge is 0.383 e. The number of methoxy groups -OCH3 is 1. The van der Waals surface area contributed by atoms with E-state index in [1.165, 1.54) is 0 Å². The van der Waals surface area contributed by atoms with Crippen LogP contribution < -0.4 is 5.73 Å². The minimum atomic E-state index is 0.0558. The van der Waals surface area contributed by atoms with Crippen molar-refractivity contribution in [2.24, 2.45) is 12.8 Å². The summed E-state index contributed by atoms with van der Waals surface area (Å²) in [6.45, 7) is 2.20. The number of hydrogen-bond acceptors (Lipinski definition) is 4. The van der Waals surface area contributed by atoms with E-state index < -0.39 is 0 Å². The van der Waals surface area contributed by atoms with Gasteiger partial charge in [0, 0.05) is 39.1 Å². The number of aromatic nitrogens is 2. The molecule has 0 radical (unpaired) electrons. The maximum Gasteiger partial charge on any atom is 0.122 e. The molecule has 0 saturated heterocycles. The minimum absolute atomic E-state index is 0.0558. The molecule has 0 fully saturated rings. The predicted octanol–water partition coefficient (Wildman–Crippen LogP) is -0.174. The van der Waals surface area contributed by atoms with E-state index in [1.807, 2.05) is 24.9 Å². The van der Waals surface area contributed by atoms with Crippen molar-refractivity contribution in [3.63, 3.8) is 0 Å². The van der Waals surface area contributed by atoms with Gasteiger partial charge in [0.2, 0.25) is 0 Å². The van der Waals surface area contributed by atoms with Crippen LogP contribution in [0.5, 0.6) is 0 Å². The van der Waals surface area contributed by atoms with Gasteiger partial charge in [0.1, 0.15) is 5.82 Å². The molecule has 1 aromatic heterocycles. The Morgan fingerprint density at radius 3 is 2.93 bits per heavy atom. The van der Waals surface area contributed by atoms with E-state index in [0.29, 0.717) is 6.61 Å². The maximum absolute atomic E-state index is 5.86.